The number of aromatic nitrogens is 1. The van der Waals surface area contributed by atoms with Crippen LogP contribution in [0.4, 0.5) is 0 Å². The molecule has 0 spiro atoms. The van der Waals surface area contributed by atoms with E-state index >= 15 is 0 Å². The van der Waals surface area contributed by atoms with Crippen molar-refractivity contribution >= 4 is 5.97 Å². The van der Waals surface area contributed by atoms with Crippen molar-refractivity contribution in [2.45, 2.75) is 39.5 Å². The molecule has 1 aliphatic carbocycles. The van der Waals surface area contributed by atoms with Gasteiger partial charge in [-0.3, -0.25) is 4.98 Å². The van der Waals surface area contributed by atoms with Crippen LogP contribution in [0, 0.1) is 12.8 Å². The average Bonchev–Trinajstić information content (AvgIpc) is 2.27. The van der Waals surface area contributed by atoms with Crippen LogP contribution in [0.5, 0.6) is 0 Å². The lowest BCUT2D eigenvalue weighted by Gasteiger charge is -2.23. The van der Waals surface area contributed by atoms with Gasteiger partial charge in [0.1, 0.15) is 0 Å². The summed E-state index contributed by atoms with van der Waals surface area (Å²) in [4.78, 5) is 15.4. The SMILES string of the molecule is CCC1CCc2nc(C)c(C(=O)O)cc2C1. The second-order valence-electron chi connectivity index (χ2n) is 4.55. The van der Waals surface area contributed by atoms with Crippen molar-refractivity contribution in [2.24, 2.45) is 5.92 Å². The van der Waals surface area contributed by atoms with Crippen LogP contribution in [-0.2, 0) is 12.8 Å². The molecule has 16 heavy (non-hydrogen) atoms. The zero-order chi connectivity index (χ0) is 11.7. The van der Waals surface area contributed by atoms with Gasteiger partial charge >= 0.3 is 5.97 Å². The third kappa shape index (κ3) is 1.94. The molecule has 1 unspecified atom stereocenters. The molecule has 3 heteroatoms. The average molecular weight is 219 g/mol. The molecule has 1 aromatic rings. The minimum Gasteiger partial charge on any atom is -0.478 e. The summed E-state index contributed by atoms with van der Waals surface area (Å²) in [6.45, 7) is 3.96. The molecule has 1 atom stereocenters. The summed E-state index contributed by atoms with van der Waals surface area (Å²) in [6.07, 6.45) is 4.33. The molecule has 0 amide bonds. The summed E-state index contributed by atoms with van der Waals surface area (Å²) >= 11 is 0. The summed E-state index contributed by atoms with van der Waals surface area (Å²) in [6, 6.07) is 1.82. The van der Waals surface area contributed by atoms with Crippen LogP contribution >= 0.6 is 0 Å². The number of aromatic carboxylic acids is 1. The van der Waals surface area contributed by atoms with Crippen LogP contribution in [-0.4, -0.2) is 16.1 Å². The van der Waals surface area contributed by atoms with E-state index in [9.17, 15) is 4.79 Å². The predicted molar refractivity (Wildman–Crippen MR) is 61.7 cm³/mol. The zero-order valence-corrected chi connectivity index (χ0v) is 9.79. The van der Waals surface area contributed by atoms with Gasteiger partial charge in [-0.05, 0) is 43.7 Å². The Hall–Kier alpha value is -1.38. The van der Waals surface area contributed by atoms with Crippen molar-refractivity contribution in [1.29, 1.82) is 0 Å². The van der Waals surface area contributed by atoms with E-state index in [1.54, 1.807) is 6.92 Å². The van der Waals surface area contributed by atoms with Gasteiger partial charge in [-0.25, -0.2) is 4.79 Å². The lowest BCUT2D eigenvalue weighted by molar-refractivity contribution is 0.0695. The molecule has 3 nitrogen and oxygen atoms in total. The molecular formula is C13H17NO2. The Bertz CT molecular complexity index is 426. The monoisotopic (exact) mass is 219 g/mol. The van der Waals surface area contributed by atoms with E-state index < -0.39 is 5.97 Å². The van der Waals surface area contributed by atoms with E-state index in [0.29, 0.717) is 17.2 Å². The quantitative estimate of drug-likeness (QED) is 0.831. The number of nitrogens with zero attached hydrogens (tertiary/aromatic N) is 1. The number of carboxylic acids is 1. The van der Waals surface area contributed by atoms with Gasteiger partial charge in [0.05, 0.1) is 11.3 Å². The fraction of sp³-hybridized carbons (Fsp3) is 0.538. The smallest absolute Gasteiger partial charge is 0.337 e. The number of carbonyl (C=O) groups is 1. The highest BCUT2D eigenvalue weighted by Gasteiger charge is 2.21. The maximum Gasteiger partial charge on any atom is 0.337 e. The molecule has 0 bridgehead atoms. The first-order chi connectivity index (χ1) is 7.61. The lowest BCUT2D eigenvalue weighted by Crippen LogP contribution is -2.17. The van der Waals surface area contributed by atoms with Crippen LogP contribution in [0.1, 0.15) is 47.1 Å². The molecule has 1 aliphatic rings. The van der Waals surface area contributed by atoms with Crippen molar-refractivity contribution in [1.82, 2.24) is 4.98 Å². The maximum atomic E-state index is 11.0. The number of pyridine rings is 1. The molecule has 86 valence electrons. The summed E-state index contributed by atoms with van der Waals surface area (Å²) in [5.41, 5.74) is 3.24. The Morgan fingerprint density at radius 2 is 2.38 bits per heavy atom. The fourth-order valence-corrected chi connectivity index (χ4v) is 2.41. The van der Waals surface area contributed by atoms with Gasteiger partial charge in [0.2, 0.25) is 0 Å². The van der Waals surface area contributed by atoms with E-state index in [0.717, 1.165) is 30.5 Å². The van der Waals surface area contributed by atoms with Crippen molar-refractivity contribution in [3.05, 3.63) is 28.6 Å². The van der Waals surface area contributed by atoms with Gasteiger partial charge in [-0.15, -0.1) is 0 Å². The topological polar surface area (TPSA) is 50.2 Å². The first-order valence-electron chi connectivity index (χ1n) is 5.84. The molecule has 0 aromatic carbocycles. The van der Waals surface area contributed by atoms with Crippen LogP contribution < -0.4 is 0 Å². The summed E-state index contributed by atoms with van der Waals surface area (Å²) in [5.74, 6) is -0.176. The number of hydrogen-bond acceptors (Lipinski definition) is 2. The van der Waals surface area contributed by atoms with E-state index in [2.05, 4.69) is 11.9 Å². The number of fused-ring (bicyclic) bond motifs is 1. The summed E-state index contributed by atoms with van der Waals surface area (Å²) in [5, 5.41) is 9.05. The second-order valence-corrected chi connectivity index (χ2v) is 4.55. The van der Waals surface area contributed by atoms with Gasteiger partial charge in [0, 0.05) is 5.69 Å². The molecule has 0 saturated carbocycles. The standard InChI is InChI=1S/C13H17NO2/c1-3-9-4-5-12-10(6-9)7-11(13(15)16)8(2)14-12/h7,9H,3-6H2,1-2H3,(H,15,16). The lowest BCUT2D eigenvalue weighted by atomic mass is 9.84. The minimum absolute atomic E-state index is 0.357. The predicted octanol–water partition coefficient (Wildman–Crippen LogP) is 2.60. The van der Waals surface area contributed by atoms with E-state index in [1.807, 2.05) is 6.07 Å². The van der Waals surface area contributed by atoms with E-state index in [4.69, 9.17) is 5.11 Å². The molecule has 0 saturated heterocycles. The largest absolute Gasteiger partial charge is 0.478 e. The van der Waals surface area contributed by atoms with Gasteiger partial charge in [-0.2, -0.15) is 0 Å². The number of aryl methyl sites for hydroxylation is 2. The van der Waals surface area contributed by atoms with Crippen molar-refractivity contribution in [3.63, 3.8) is 0 Å². The number of hydrogen-bond donors (Lipinski definition) is 1. The van der Waals surface area contributed by atoms with Gasteiger partial charge in [0.15, 0.2) is 0 Å². The minimum atomic E-state index is -0.869. The van der Waals surface area contributed by atoms with Crippen LogP contribution in [0.25, 0.3) is 0 Å². The zero-order valence-electron chi connectivity index (χ0n) is 9.79. The molecule has 0 fully saturated rings. The highest BCUT2D eigenvalue weighted by Crippen LogP contribution is 2.27. The molecule has 1 aromatic heterocycles. The Kier molecular flexibility index (Phi) is 2.95. The van der Waals surface area contributed by atoms with Gasteiger partial charge in [0.25, 0.3) is 0 Å². The van der Waals surface area contributed by atoms with Crippen LogP contribution in [0.15, 0.2) is 6.07 Å². The van der Waals surface area contributed by atoms with E-state index in [-0.39, 0.29) is 0 Å². The maximum absolute atomic E-state index is 11.0. The Labute approximate surface area is 95.5 Å². The van der Waals surface area contributed by atoms with Crippen molar-refractivity contribution in [2.75, 3.05) is 0 Å². The fourth-order valence-electron chi connectivity index (χ4n) is 2.41. The molecule has 1 N–H and O–H groups in total. The molecule has 0 radical (unpaired) electrons. The molecule has 0 aliphatic heterocycles. The summed E-state index contributed by atoms with van der Waals surface area (Å²) in [7, 11) is 0. The third-order valence-corrected chi connectivity index (χ3v) is 3.49. The van der Waals surface area contributed by atoms with Crippen molar-refractivity contribution in [3.8, 4) is 0 Å². The highest BCUT2D eigenvalue weighted by atomic mass is 16.4. The number of carboxylic acid groups (broad SMARTS) is 1. The first kappa shape index (κ1) is 11.1. The first-order valence-corrected chi connectivity index (χ1v) is 5.84. The van der Waals surface area contributed by atoms with E-state index in [1.165, 1.54) is 6.42 Å². The Morgan fingerprint density at radius 3 is 3.00 bits per heavy atom. The second kappa shape index (κ2) is 4.24. The number of rotatable bonds is 2. The normalized spacial score (nSPS) is 19.2. The molecular weight excluding hydrogens is 202 g/mol. The molecule has 1 heterocycles. The third-order valence-electron chi connectivity index (χ3n) is 3.49. The van der Waals surface area contributed by atoms with Gasteiger partial charge in [-0.1, -0.05) is 13.3 Å². The van der Waals surface area contributed by atoms with Crippen LogP contribution in [0.3, 0.4) is 0 Å². The highest BCUT2D eigenvalue weighted by molar-refractivity contribution is 5.89. The molecule has 2 rings (SSSR count). The summed E-state index contributed by atoms with van der Waals surface area (Å²) < 4.78 is 0. The Morgan fingerprint density at radius 1 is 1.62 bits per heavy atom. The van der Waals surface area contributed by atoms with Crippen molar-refractivity contribution < 1.29 is 9.90 Å². The Balaban J connectivity index is 2.39. The van der Waals surface area contributed by atoms with Crippen LogP contribution in [0.2, 0.25) is 0 Å². The van der Waals surface area contributed by atoms with Gasteiger partial charge < -0.3 is 5.11 Å².